The molecule has 0 bridgehead atoms. The van der Waals surface area contributed by atoms with E-state index in [2.05, 4.69) is 16.6 Å². The van der Waals surface area contributed by atoms with Crippen LogP contribution in [0.5, 0.6) is 5.75 Å². The van der Waals surface area contributed by atoms with Gasteiger partial charge in [0.25, 0.3) is 5.91 Å². The number of carbonyl (C=O) groups excluding carboxylic acids is 1. The molecular weight excluding hydrogens is 288 g/mol. The largest absolute Gasteiger partial charge is 0.479 e. The predicted octanol–water partition coefficient (Wildman–Crippen LogP) is 2.11. The van der Waals surface area contributed by atoms with Gasteiger partial charge < -0.3 is 15.4 Å². The van der Waals surface area contributed by atoms with Crippen molar-refractivity contribution in [1.82, 2.24) is 10.6 Å². The van der Waals surface area contributed by atoms with Crippen LogP contribution in [-0.2, 0) is 11.3 Å². The lowest BCUT2D eigenvalue weighted by Crippen LogP contribution is -2.36. The molecule has 1 atom stereocenters. The molecule has 0 heterocycles. The fraction of sp³-hybridized carbons (Fsp3) is 0.438. The average Bonchev–Trinajstić information content (AvgIpc) is 3.29. The van der Waals surface area contributed by atoms with Crippen molar-refractivity contribution in [2.24, 2.45) is 0 Å². The minimum atomic E-state index is -0.655. The van der Waals surface area contributed by atoms with Crippen LogP contribution in [0.25, 0.3) is 0 Å². The van der Waals surface area contributed by atoms with Crippen LogP contribution in [0.3, 0.4) is 0 Å². The lowest BCUT2D eigenvalue weighted by atomic mass is 10.2. The SMILES string of the molecule is C#CCNC(=O)C(C)Oc1c(Cl)cccc1CNC1CC1. The van der Waals surface area contributed by atoms with E-state index in [1.807, 2.05) is 12.1 Å². The van der Waals surface area contributed by atoms with Crippen molar-refractivity contribution < 1.29 is 9.53 Å². The minimum absolute atomic E-state index is 0.186. The highest BCUT2D eigenvalue weighted by atomic mass is 35.5. The predicted molar refractivity (Wildman–Crippen MR) is 83.2 cm³/mol. The maximum atomic E-state index is 11.8. The Bertz CT molecular complexity index is 550. The third-order valence-electron chi connectivity index (χ3n) is 3.24. The van der Waals surface area contributed by atoms with Gasteiger partial charge in [-0.15, -0.1) is 6.42 Å². The Balaban J connectivity index is 2.02. The molecule has 0 aliphatic heterocycles. The van der Waals surface area contributed by atoms with Crippen molar-refractivity contribution in [3.8, 4) is 18.1 Å². The molecule has 0 radical (unpaired) electrons. The molecule has 1 aromatic rings. The normalized spacial score (nSPS) is 15.1. The van der Waals surface area contributed by atoms with E-state index in [0.29, 0.717) is 23.4 Å². The number of hydrogen-bond acceptors (Lipinski definition) is 3. The first-order chi connectivity index (χ1) is 10.1. The number of nitrogens with one attached hydrogen (secondary N) is 2. The summed E-state index contributed by atoms with van der Waals surface area (Å²) < 4.78 is 5.74. The maximum Gasteiger partial charge on any atom is 0.261 e. The Labute approximate surface area is 130 Å². The standard InChI is InChI=1S/C16H19ClN2O2/c1-3-9-18-16(20)11(2)21-15-12(5-4-6-14(15)17)10-19-13-7-8-13/h1,4-6,11,13,19H,7-10H2,2H3,(H,18,20). The van der Waals surface area contributed by atoms with Crippen LogP contribution in [0.2, 0.25) is 5.02 Å². The fourth-order valence-corrected chi connectivity index (χ4v) is 2.12. The number of hydrogen-bond donors (Lipinski definition) is 2. The van der Waals surface area contributed by atoms with Crippen molar-refractivity contribution in [3.63, 3.8) is 0 Å². The van der Waals surface area contributed by atoms with Gasteiger partial charge in [0.05, 0.1) is 11.6 Å². The number of terminal acetylenes is 1. The number of ether oxygens (including phenoxy) is 1. The molecule has 2 rings (SSSR count). The molecule has 1 saturated carbocycles. The molecule has 1 fully saturated rings. The van der Waals surface area contributed by atoms with Crippen molar-refractivity contribution >= 4 is 17.5 Å². The summed E-state index contributed by atoms with van der Waals surface area (Å²) in [5.74, 6) is 2.65. The molecule has 1 aromatic carbocycles. The summed E-state index contributed by atoms with van der Waals surface area (Å²) in [5.41, 5.74) is 0.950. The van der Waals surface area contributed by atoms with Gasteiger partial charge in [-0.3, -0.25) is 4.79 Å². The number of carbonyl (C=O) groups is 1. The molecule has 0 aromatic heterocycles. The zero-order valence-electron chi connectivity index (χ0n) is 12.0. The summed E-state index contributed by atoms with van der Waals surface area (Å²) in [5, 5.41) is 6.51. The summed E-state index contributed by atoms with van der Waals surface area (Å²) in [6, 6.07) is 6.17. The first-order valence-electron chi connectivity index (χ1n) is 7.00. The Morgan fingerprint density at radius 1 is 1.57 bits per heavy atom. The summed E-state index contributed by atoms with van der Waals surface area (Å²) in [6.07, 6.45) is 6.88. The molecule has 112 valence electrons. The smallest absolute Gasteiger partial charge is 0.261 e. The van der Waals surface area contributed by atoms with Gasteiger partial charge in [-0.25, -0.2) is 0 Å². The van der Waals surface area contributed by atoms with Gasteiger partial charge in [-0.2, -0.15) is 0 Å². The number of halogens is 1. The van der Waals surface area contributed by atoms with Crippen LogP contribution < -0.4 is 15.4 Å². The molecule has 0 saturated heterocycles. The summed E-state index contributed by atoms with van der Waals surface area (Å²) in [6.45, 7) is 2.54. The topological polar surface area (TPSA) is 50.4 Å². The fourth-order valence-electron chi connectivity index (χ4n) is 1.88. The Morgan fingerprint density at radius 3 is 3.00 bits per heavy atom. The van der Waals surface area contributed by atoms with Gasteiger partial charge in [-0.1, -0.05) is 29.7 Å². The molecule has 1 aliphatic carbocycles. The van der Waals surface area contributed by atoms with Crippen LogP contribution in [-0.4, -0.2) is 24.6 Å². The molecule has 21 heavy (non-hydrogen) atoms. The second kappa shape index (κ2) is 7.35. The number of para-hydroxylation sites is 1. The molecule has 2 N–H and O–H groups in total. The lowest BCUT2D eigenvalue weighted by Gasteiger charge is -2.18. The van der Waals surface area contributed by atoms with E-state index in [-0.39, 0.29) is 12.5 Å². The summed E-state index contributed by atoms with van der Waals surface area (Å²) in [7, 11) is 0. The highest BCUT2D eigenvalue weighted by Gasteiger charge is 2.22. The average molecular weight is 307 g/mol. The van der Waals surface area contributed by atoms with Gasteiger partial charge in [0, 0.05) is 18.2 Å². The van der Waals surface area contributed by atoms with Crippen molar-refractivity contribution in [3.05, 3.63) is 28.8 Å². The molecule has 1 aliphatic rings. The molecule has 4 nitrogen and oxygen atoms in total. The molecule has 5 heteroatoms. The Kier molecular flexibility index (Phi) is 5.49. The van der Waals surface area contributed by atoms with E-state index in [1.54, 1.807) is 13.0 Å². The van der Waals surface area contributed by atoms with Gasteiger partial charge in [0.15, 0.2) is 6.10 Å². The van der Waals surface area contributed by atoms with Crippen LogP contribution in [0.4, 0.5) is 0 Å². The summed E-state index contributed by atoms with van der Waals surface area (Å²) >= 11 is 6.20. The van der Waals surface area contributed by atoms with E-state index >= 15 is 0 Å². The number of rotatable bonds is 7. The van der Waals surface area contributed by atoms with Crippen LogP contribution >= 0.6 is 11.6 Å². The zero-order valence-corrected chi connectivity index (χ0v) is 12.7. The first-order valence-corrected chi connectivity index (χ1v) is 7.38. The Hall–Kier alpha value is -1.70. The second-order valence-electron chi connectivity index (χ2n) is 5.07. The maximum absolute atomic E-state index is 11.8. The highest BCUT2D eigenvalue weighted by Crippen LogP contribution is 2.30. The van der Waals surface area contributed by atoms with Crippen LogP contribution in [0.15, 0.2) is 18.2 Å². The molecule has 1 amide bonds. The third kappa shape index (κ3) is 4.66. The van der Waals surface area contributed by atoms with E-state index in [9.17, 15) is 4.79 Å². The minimum Gasteiger partial charge on any atom is -0.479 e. The van der Waals surface area contributed by atoms with Gasteiger partial charge in [-0.05, 0) is 25.8 Å². The molecule has 1 unspecified atom stereocenters. The van der Waals surface area contributed by atoms with Crippen LogP contribution in [0, 0.1) is 12.3 Å². The van der Waals surface area contributed by atoms with Gasteiger partial charge in [0.1, 0.15) is 5.75 Å². The highest BCUT2D eigenvalue weighted by molar-refractivity contribution is 6.32. The van der Waals surface area contributed by atoms with Crippen molar-refractivity contribution in [2.75, 3.05) is 6.54 Å². The van der Waals surface area contributed by atoms with Crippen LogP contribution in [0.1, 0.15) is 25.3 Å². The van der Waals surface area contributed by atoms with Crippen molar-refractivity contribution in [1.29, 1.82) is 0 Å². The first kappa shape index (κ1) is 15.7. The monoisotopic (exact) mass is 306 g/mol. The van der Waals surface area contributed by atoms with Gasteiger partial charge in [0.2, 0.25) is 0 Å². The van der Waals surface area contributed by atoms with E-state index < -0.39 is 6.10 Å². The zero-order chi connectivity index (χ0) is 15.2. The van der Waals surface area contributed by atoms with E-state index in [4.69, 9.17) is 22.8 Å². The van der Waals surface area contributed by atoms with Gasteiger partial charge >= 0.3 is 0 Å². The quantitative estimate of drug-likeness (QED) is 0.759. The molecular formula is C16H19ClN2O2. The van der Waals surface area contributed by atoms with E-state index in [1.165, 1.54) is 12.8 Å². The number of amides is 1. The number of benzene rings is 1. The second-order valence-corrected chi connectivity index (χ2v) is 5.47. The third-order valence-corrected chi connectivity index (χ3v) is 3.53. The molecule has 0 spiro atoms. The lowest BCUT2D eigenvalue weighted by molar-refractivity contribution is -0.127. The van der Waals surface area contributed by atoms with Crippen molar-refractivity contribution in [2.45, 2.75) is 38.5 Å². The summed E-state index contributed by atoms with van der Waals surface area (Å²) in [4.78, 5) is 11.8. The Morgan fingerprint density at radius 2 is 2.33 bits per heavy atom. The van der Waals surface area contributed by atoms with E-state index in [0.717, 1.165) is 5.56 Å².